The number of aldehydes is 1. The first-order chi connectivity index (χ1) is 11.2. The number of benzene rings is 2. The lowest BCUT2D eigenvalue weighted by Crippen LogP contribution is -1.99. The van der Waals surface area contributed by atoms with Crippen molar-refractivity contribution < 1.29 is 13.9 Å². The molecule has 0 aliphatic carbocycles. The zero-order valence-electron chi connectivity index (χ0n) is 13.0. The molecule has 0 unspecified atom stereocenters. The second-order valence-corrected chi connectivity index (χ2v) is 5.48. The van der Waals surface area contributed by atoms with Crippen molar-refractivity contribution >= 4 is 6.29 Å². The van der Waals surface area contributed by atoms with Gasteiger partial charge in [0.05, 0.1) is 0 Å². The summed E-state index contributed by atoms with van der Waals surface area (Å²) in [5.41, 5.74) is 3.34. The summed E-state index contributed by atoms with van der Waals surface area (Å²) in [5.74, 6) is 1.94. The summed E-state index contributed by atoms with van der Waals surface area (Å²) < 4.78 is 11.4. The van der Waals surface area contributed by atoms with Crippen molar-refractivity contribution in [1.29, 1.82) is 0 Å². The van der Waals surface area contributed by atoms with Gasteiger partial charge < -0.3 is 9.15 Å². The van der Waals surface area contributed by atoms with Gasteiger partial charge in [-0.05, 0) is 30.7 Å². The van der Waals surface area contributed by atoms with Crippen LogP contribution >= 0.6 is 0 Å². The molecular weight excluding hydrogens is 288 g/mol. The molecule has 0 saturated carbocycles. The van der Waals surface area contributed by atoms with Crippen LogP contribution in [0.25, 0.3) is 0 Å². The highest BCUT2D eigenvalue weighted by molar-refractivity contribution is 5.70. The van der Waals surface area contributed by atoms with Crippen LogP contribution in [0.5, 0.6) is 5.75 Å². The summed E-state index contributed by atoms with van der Waals surface area (Å²) in [6.07, 6.45) is 1.31. The molecule has 0 radical (unpaired) electrons. The number of ether oxygens (including phenoxy) is 1. The summed E-state index contributed by atoms with van der Waals surface area (Å²) in [4.78, 5) is 10.7. The number of rotatable bonds is 6. The highest BCUT2D eigenvalue weighted by Gasteiger charge is 2.09. The Labute approximate surface area is 135 Å². The Morgan fingerprint density at radius 2 is 1.87 bits per heavy atom. The average Bonchev–Trinajstić information content (AvgIpc) is 3.03. The van der Waals surface area contributed by atoms with Gasteiger partial charge in [-0.2, -0.15) is 0 Å². The maximum atomic E-state index is 10.7. The van der Waals surface area contributed by atoms with Gasteiger partial charge in [-0.25, -0.2) is 0 Å². The molecule has 0 N–H and O–H groups in total. The minimum absolute atomic E-state index is 0.347. The van der Waals surface area contributed by atoms with Crippen molar-refractivity contribution in [3.8, 4) is 5.75 Å². The van der Waals surface area contributed by atoms with Gasteiger partial charge in [-0.1, -0.05) is 48.0 Å². The number of hydrogen-bond donors (Lipinski definition) is 0. The summed E-state index contributed by atoms with van der Waals surface area (Å²) in [5, 5.41) is 0. The van der Waals surface area contributed by atoms with Gasteiger partial charge in [-0.3, -0.25) is 4.79 Å². The molecule has 1 heterocycles. The van der Waals surface area contributed by atoms with Crippen LogP contribution < -0.4 is 4.74 Å². The first-order valence-electron chi connectivity index (χ1n) is 7.55. The average molecular weight is 306 g/mol. The summed E-state index contributed by atoms with van der Waals surface area (Å²) in [6, 6.07) is 19.7. The smallest absolute Gasteiger partial charge is 0.185 e. The van der Waals surface area contributed by atoms with Gasteiger partial charge in [0.1, 0.15) is 18.1 Å². The second-order valence-electron chi connectivity index (χ2n) is 5.48. The fourth-order valence-electron chi connectivity index (χ4n) is 2.46. The lowest BCUT2D eigenvalue weighted by Gasteiger charge is -2.12. The van der Waals surface area contributed by atoms with E-state index < -0.39 is 0 Å². The van der Waals surface area contributed by atoms with E-state index in [0.29, 0.717) is 25.1 Å². The van der Waals surface area contributed by atoms with Crippen LogP contribution in [0.4, 0.5) is 0 Å². The maximum Gasteiger partial charge on any atom is 0.185 e. The Morgan fingerprint density at radius 1 is 1.04 bits per heavy atom. The van der Waals surface area contributed by atoms with Gasteiger partial charge in [0.15, 0.2) is 12.0 Å². The van der Waals surface area contributed by atoms with E-state index >= 15 is 0 Å². The van der Waals surface area contributed by atoms with Crippen molar-refractivity contribution in [2.24, 2.45) is 0 Å². The molecule has 3 heteroatoms. The van der Waals surface area contributed by atoms with Crippen LogP contribution in [-0.4, -0.2) is 6.29 Å². The summed E-state index contributed by atoms with van der Waals surface area (Å²) in [7, 11) is 0. The van der Waals surface area contributed by atoms with Gasteiger partial charge in [-0.15, -0.1) is 0 Å². The van der Waals surface area contributed by atoms with E-state index in [4.69, 9.17) is 9.15 Å². The first-order valence-corrected chi connectivity index (χ1v) is 7.55. The van der Waals surface area contributed by atoms with Gasteiger partial charge in [0, 0.05) is 12.0 Å². The molecule has 0 amide bonds. The highest BCUT2D eigenvalue weighted by Crippen LogP contribution is 2.25. The standard InChI is InChI=1S/C20H18O3/c1-15-7-10-20(22-14-16-5-3-2-4-6-16)17(11-15)12-18-8-9-19(13-21)23-18/h2-11,13H,12,14H2,1H3. The van der Waals surface area contributed by atoms with Crippen LogP contribution in [0.2, 0.25) is 0 Å². The Kier molecular flexibility index (Phi) is 4.57. The molecule has 0 atom stereocenters. The Hall–Kier alpha value is -2.81. The van der Waals surface area contributed by atoms with Crippen LogP contribution in [0.1, 0.15) is 33.0 Å². The fraction of sp³-hybridized carbons (Fsp3) is 0.150. The van der Waals surface area contributed by atoms with E-state index in [1.54, 1.807) is 6.07 Å². The first kappa shape index (κ1) is 15.1. The van der Waals surface area contributed by atoms with Gasteiger partial charge in [0.2, 0.25) is 0 Å². The minimum atomic E-state index is 0.347. The molecule has 3 nitrogen and oxygen atoms in total. The van der Waals surface area contributed by atoms with E-state index in [1.165, 1.54) is 0 Å². The van der Waals surface area contributed by atoms with Gasteiger partial charge >= 0.3 is 0 Å². The molecule has 0 aliphatic rings. The zero-order valence-corrected chi connectivity index (χ0v) is 13.0. The number of carbonyl (C=O) groups excluding carboxylic acids is 1. The van der Waals surface area contributed by atoms with Crippen molar-refractivity contribution in [3.05, 3.63) is 88.9 Å². The predicted molar refractivity (Wildman–Crippen MR) is 88.9 cm³/mol. The third-order valence-electron chi connectivity index (χ3n) is 3.62. The number of hydrogen-bond acceptors (Lipinski definition) is 3. The molecular formula is C20H18O3. The lowest BCUT2D eigenvalue weighted by atomic mass is 10.1. The largest absolute Gasteiger partial charge is 0.489 e. The van der Waals surface area contributed by atoms with Crippen LogP contribution in [0.15, 0.2) is 65.1 Å². The van der Waals surface area contributed by atoms with E-state index in [1.807, 2.05) is 55.5 Å². The van der Waals surface area contributed by atoms with E-state index in [2.05, 4.69) is 6.07 Å². The maximum absolute atomic E-state index is 10.7. The Balaban J connectivity index is 1.78. The third kappa shape index (κ3) is 3.89. The SMILES string of the molecule is Cc1ccc(OCc2ccccc2)c(Cc2ccc(C=O)o2)c1. The molecule has 3 aromatic rings. The van der Waals surface area contributed by atoms with E-state index in [-0.39, 0.29) is 0 Å². The number of furan rings is 1. The number of carbonyl (C=O) groups is 1. The molecule has 116 valence electrons. The van der Waals surface area contributed by atoms with Crippen molar-refractivity contribution in [3.63, 3.8) is 0 Å². The van der Waals surface area contributed by atoms with Crippen molar-refractivity contribution in [2.45, 2.75) is 20.0 Å². The van der Waals surface area contributed by atoms with E-state index in [0.717, 1.165) is 28.2 Å². The van der Waals surface area contributed by atoms with E-state index in [9.17, 15) is 4.79 Å². The highest BCUT2D eigenvalue weighted by atomic mass is 16.5. The monoisotopic (exact) mass is 306 g/mol. The van der Waals surface area contributed by atoms with Crippen LogP contribution in [0, 0.1) is 6.92 Å². The summed E-state index contributed by atoms with van der Waals surface area (Å²) in [6.45, 7) is 2.57. The fourth-order valence-corrected chi connectivity index (χ4v) is 2.46. The topological polar surface area (TPSA) is 39.4 Å². The van der Waals surface area contributed by atoms with Crippen LogP contribution in [0.3, 0.4) is 0 Å². The molecule has 0 saturated heterocycles. The third-order valence-corrected chi connectivity index (χ3v) is 3.62. The van der Waals surface area contributed by atoms with Gasteiger partial charge in [0.25, 0.3) is 0 Å². The second kappa shape index (κ2) is 6.97. The van der Waals surface area contributed by atoms with Crippen molar-refractivity contribution in [1.82, 2.24) is 0 Å². The Morgan fingerprint density at radius 3 is 2.61 bits per heavy atom. The zero-order chi connectivity index (χ0) is 16.1. The normalized spacial score (nSPS) is 10.5. The molecule has 1 aromatic heterocycles. The Bertz CT molecular complexity index is 788. The number of aryl methyl sites for hydroxylation is 1. The molecule has 0 fully saturated rings. The van der Waals surface area contributed by atoms with Crippen LogP contribution in [-0.2, 0) is 13.0 Å². The predicted octanol–water partition coefficient (Wildman–Crippen LogP) is 4.57. The summed E-state index contributed by atoms with van der Waals surface area (Å²) >= 11 is 0. The molecule has 3 rings (SSSR count). The molecule has 23 heavy (non-hydrogen) atoms. The minimum Gasteiger partial charge on any atom is -0.489 e. The molecule has 0 aliphatic heterocycles. The quantitative estimate of drug-likeness (QED) is 0.626. The molecule has 0 bridgehead atoms. The molecule has 0 spiro atoms. The lowest BCUT2D eigenvalue weighted by molar-refractivity contribution is 0.109. The molecule has 2 aromatic carbocycles. The van der Waals surface area contributed by atoms with Crippen molar-refractivity contribution in [2.75, 3.05) is 0 Å².